The Labute approximate surface area is 153 Å². The molecule has 8 heteroatoms. The van der Waals surface area contributed by atoms with Crippen molar-refractivity contribution in [3.63, 3.8) is 0 Å². The summed E-state index contributed by atoms with van der Waals surface area (Å²) in [7, 11) is 0. The molecule has 0 aliphatic carbocycles. The molecule has 1 heterocycles. The van der Waals surface area contributed by atoms with Crippen LogP contribution in [-0.4, -0.2) is 16.5 Å². The number of hydrogen-bond donors (Lipinski definition) is 0. The predicted molar refractivity (Wildman–Crippen MR) is 92.6 cm³/mol. The lowest BCUT2D eigenvalue weighted by molar-refractivity contribution is -0.139. The topological polar surface area (TPSA) is 38.2 Å². The summed E-state index contributed by atoms with van der Waals surface area (Å²) in [5.41, 5.74) is -0.954. The number of para-hydroxylation sites is 2. The molecular formula is C19H15F4N3O. The molecule has 2 aromatic carbocycles. The summed E-state index contributed by atoms with van der Waals surface area (Å²) in [6.07, 6.45) is -4.05. The Kier molecular flexibility index (Phi) is 5.25. The van der Waals surface area contributed by atoms with Crippen molar-refractivity contribution in [1.29, 1.82) is 0 Å². The van der Waals surface area contributed by atoms with Crippen molar-refractivity contribution in [1.82, 2.24) is 9.97 Å². The molecule has 0 radical (unpaired) electrons. The van der Waals surface area contributed by atoms with Gasteiger partial charge in [0.25, 0.3) is 0 Å². The van der Waals surface area contributed by atoms with Crippen LogP contribution in [0.4, 0.5) is 29.2 Å². The largest absolute Gasteiger partial charge is 0.438 e. The average Bonchev–Trinajstić information content (AvgIpc) is 2.64. The van der Waals surface area contributed by atoms with Crippen molar-refractivity contribution in [2.45, 2.75) is 13.1 Å². The van der Waals surface area contributed by atoms with Gasteiger partial charge in [0.05, 0.1) is 5.69 Å². The zero-order valence-corrected chi connectivity index (χ0v) is 14.2. The number of hydrogen-bond acceptors (Lipinski definition) is 4. The van der Waals surface area contributed by atoms with Gasteiger partial charge in [-0.1, -0.05) is 30.3 Å². The number of alkyl halides is 3. The van der Waals surface area contributed by atoms with E-state index in [1.54, 1.807) is 31.2 Å². The minimum Gasteiger partial charge on any atom is -0.438 e. The molecule has 0 atom stereocenters. The molecule has 27 heavy (non-hydrogen) atoms. The van der Waals surface area contributed by atoms with Gasteiger partial charge in [0, 0.05) is 12.7 Å². The maximum absolute atomic E-state index is 14.1. The number of aromatic nitrogens is 2. The predicted octanol–water partition coefficient (Wildman–Crippen LogP) is 5.58. The molecule has 1 aromatic heterocycles. The second kappa shape index (κ2) is 7.61. The fourth-order valence-corrected chi connectivity index (χ4v) is 2.45. The summed E-state index contributed by atoms with van der Waals surface area (Å²) in [6.45, 7) is 1.96. The Morgan fingerprint density at radius 2 is 1.67 bits per heavy atom. The molecule has 0 bridgehead atoms. The highest BCUT2D eigenvalue weighted by atomic mass is 19.4. The van der Waals surface area contributed by atoms with E-state index in [1.807, 2.05) is 0 Å². The Morgan fingerprint density at radius 1 is 1.00 bits per heavy atom. The number of rotatable bonds is 5. The van der Waals surface area contributed by atoms with Gasteiger partial charge in [0.15, 0.2) is 0 Å². The first-order valence-electron chi connectivity index (χ1n) is 8.09. The van der Waals surface area contributed by atoms with Gasteiger partial charge in [-0.25, -0.2) is 9.37 Å². The van der Waals surface area contributed by atoms with Crippen molar-refractivity contribution in [3.8, 4) is 11.6 Å². The standard InChI is InChI=1S/C19H15F4N3O/c1-2-26(16-11-7-6-10-15(16)20)18-24-12-14(19(21,22)23)17(25-18)27-13-8-4-3-5-9-13/h3-12H,2H2,1H3. The molecule has 140 valence electrons. The lowest BCUT2D eigenvalue weighted by Crippen LogP contribution is -2.21. The summed E-state index contributed by atoms with van der Waals surface area (Å²) in [5.74, 6) is -1.08. The third-order valence-corrected chi connectivity index (χ3v) is 3.71. The fourth-order valence-electron chi connectivity index (χ4n) is 2.45. The van der Waals surface area contributed by atoms with Crippen molar-refractivity contribution in [2.24, 2.45) is 0 Å². The van der Waals surface area contributed by atoms with Crippen LogP contribution in [-0.2, 0) is 6.18 Å². The molecule has 0 amide bonds. The molecule has 0 saturated heterocycles. The smallest absolute Gasteiger partial charge is 0.423 e. The van der Waals surface area contributed by atoms with Crippen LogP contribution >= 0.6 is 0 Å². The molecule has 0 saturated carbocycles. The first-order valence-corrected chi connectivity index (χ1v) is 8.09. The third-order valence-electron chi connectivity index (χ3n) is 3.71. The van der Waals surface area contributed by atoms with Gasteiger partial charge in [-0.2, -0.15) is 18.2 Å². The monoisotopic (exact) mass is 377 g/mol. The van der Waals surface area contributed by atoms with Crippen LogP contribution < -0.4 is 9.64 Å². The molecule has 3 aromatic rings. The molecule has 0 N–H and O–H groups in total. The van der Waals surface area contributed by atoms with Gasteiger partial charge in [0.1, 0.15) is 17.1 Å². The molecule has 0 unspecified atom stereocenters. The maximum atomic E-state index is 14.1. The van der Waals surface area contributed by atoms with E-state index < -0.39 is 23.4 Å². The minimum atomic E-state index is -4.70. The minimum absolute atomic E-state index is 0.0958. The van der Waals surface area contributed by atoms with Crippen LogP contribution in [0.15, 0.2) is 60.8 Å². The SMILES string of the molecule is CCN(c1ncc(C(F)(F)F)c(Oc2ccccc2)n1)c1ccccc1F. The lowest BCUT2D eigenvalue weighted by atomic mass is 10.2. The number of nitrogens with zero attached hydrogens (tertiary/aromatic N) is 3. The van der Waals surface area contributed by atoms with E-state index >= 15 is 0 Å². The first-order chi connectivity index (χ1) is 12.9. The van der Waals surface area contributed by atoms with E-state index in [9.17, 15) is 17.6 Å². The van der Waals surface area contributed by atoms with E-state index in [0.29, 0.717) is 6.20 Å². The highest BCUT2D eigenvalue weighted by Gasteiger charge is 2.37. The van der Waals surface area contributed by atoms with Crippen LogP contribution in [0.1, 0.15) is 12.5 Å². The molecule has 0 aliphatic heterocycles. The van der Waals surface area contributed by atoms with Crippen molar-refractivity contribution in [3.05, 3.63) is 72.2 Å². The summed E-state index contributed by atoms with van der Waals surface area (Å²) < 4.78 is 59.4. The number of benzene rings is 2. The Bertz CT molecular complexity index is 916. The molecule has 0 aliphatic rings. The molecule has 4 nitrogen and oxygen atoms in total. The van der Waals surface area contributed by atoms with E-state index in [0.717, 1.165) is 0 Å². The van der Waals surface area contributed by atoms with Crippen LogP contribution in [0.5, 0.6) is 11.6 Å². The molecule has 3 rings (SSSR count). The van der Waals surface area contributed by atoms with Crippen molar-refractivity contribution in [2.75, 3.05) is 11.4 Å². The number of halogens is 4. The van der Waals surface area contributed by atoms with Crippen molar-refractivity contribution < 1.29 is 22.3 Å². The quantitative estimate of drug-likeness (QED) is 0.544. The van der Waals surface area contributed by atoms with Crippen molar-refractivity contribution >= 4 is 11.6 Å². The molecule has 0 fully saturated rings. The molecular weight excluding hydrogens is 362 g/mol. The zero-order chi connectivity index (χ0) is 19.4. The van der Waals surface area contributed by atoms with Gasteiger partial charge >= 0.3 is 6.18 Å². The van der Waals surface area contributed by atoms with Gasteiger partial charge in [-0.05, 0) is 31.2 Å². The maximum Gasteiger partial charge on any atom is 0.423 e. The van der Waals surface area contributed by atoms with E-state index in [4.69, 9.17) is 4.74 Å². The van der Waals surface area contributed by atoms with Gasteiger partial charge in [0.2, 0.25) is 11.8 Å². The summed E-state index contributed by atoms with van der Waals surface area (Å²) >= 11 is 0. The van der Waals surface area contributed by atoms with Crippen LogP contribution in [0.25, 0.3) is 0 Å². The normalized spacial score (nSPS) is 11.3. The summed E-state index contributed by atoms with van der Waals surface area (Å²) in [6, 6.07) is 13.9. The summed E-state index contributed by atoms with van der Waals surface area (Å²) in [4.78, 5) is 9.08. The Hall–Kier alpha value is -3.16. The second-order valence-electron chi connectivity index (χ2n) is 5.50. The first kappa shape index (κ1) is 18.6. The second-order valence-corrected chi connectivity index (χ2v) is 5.50. The lowest BCUT2D eigenvalue weighted by Gasteiger charge is -2.22. The van der Waals surface area contributed by atoms with Crippen LogP contribution in [0.3, 0.4) is 0 Å². The Morgan fingerprint density at radius 3 is 2.30 bits per heavy atom. The number of ether oxygens (including phenoxy) is 1. The third kappa shape index (κ3) is 4.16. The zero-order valence-electron chi connectivity index (χ0n) is 14.2. The highest BCUT2D eigenvalue weighted by molar-refractivity contribution is 5.58. The highest BCUT2D eigenvalue weighted by Crippen LogP contribution is 2.38. The van der Waals surface area contributed by atoms with E-state index in [1.165, 1.54) is 35.2 Å². The van der Waals surface area contributed by atoms with Crippen LogP contribution in [0.2, 0.25) is 0 Å². The average molecular weight is 377 g/mol. The molecule has 0 spiro atoms. The van der Waals surface area contributed by atoms with E-state index in [2.05, 4.69) is 9.97 Å². The van der Waals surface area contributed by atoms with Gasteiger partial charge in [-0.15, -0.1) is 0 Å². The van der Waals surface area contributed by atoms with Crippen LogP contribution in [0, 0.1) is 5.82 Å². The van der Waals surface area contributed by atoms with E-state index in [-0.39, 0.29) is 23.9 Å². The van der Waals surface area contributed by atoms with Gasteiger partial charge < -0.3 is 9.64 Å². The number of anilines is 2. The van der Waals surface area contributed by atoms with Gasteiger partial charge in [-0.3, -0.25) is 0 Å². The fraction of sp³-hybridized carbons (Fsp3) is 0.158. The summed E-state index contributed by atoms with van der Waals surface area (Å²) in [5, 5.41) is 0. The Balaban J connectivity index is 2.07.